The quantitative estimate of drug-likeness (QED) is 0.896. The number of fused-ring (bicyclic) bond motifs is 1. The molecule has 2 aromatic rings. The number of carboxylic acids is 1. The number of hydrogen-bond donors (Lipinski definition) is 2. The molecule has 2 rings (SSSR count). The molecule has 0 bridgehead atoms. The van der Waals surface area contributed by atoms with Gasteiger partial charge in [-0.15, -0.1) is 0 Å². The Kier molecular flexibility index (Phi) is 3.42. The van der Waals surface area contributed by atoms with E-state index < -0.39 is 11.4 Å². The summed E-state index contributed by atoms with van der Waals surface area (Å²) < 4.78 is 0. The minimum absolute atomic E-state index is 0.115. The third-order valence-corrected chi connectivity index (χ3v) is 3.50. The lowest BCUT2D eigenvalue weighted by Crippen LogP contribution is -2.26. The molecule has 19 heavy (non-hydrogen) atoms. The van der Waals surface area contributed by atoms with E-state index in [2.05, 4.69) is 0 Å². The Labute approximate surface area is 116 Å². The summed E-state index contributed by atoms with van der Waals surface area (Å²) in [6.07, 6.45) is 0.257. The Hall–Kier alpha value is -1.74. The average Bonchev–Trinajstić information content (AvgIpc) is 2.32. The Balaban J connectivity index is 2.59. The maximum atomic E-state index is 11.2. The molecule has 0 spiro atoms. The van der Waals surface area contributed by atoms with Crippen LogP contribution in [0.2, 0.25) is 5.02 Å². The molecule has 0 fully saturated rings. The highest BCUT2D eigenvalue weighted by atomic mass is 35.5. The zero-order chi connectivity index (χ0) is 14.2. The maximum absolute atomic E-state index is 11.2. The molecule has 3 nitrogen and oxygen atoms in total. The second-order valence-electron chi connectivity index (χ2n) is 5.29. The van der Waals surface area contributed by atoms with Crippen LogP contribution in [0.15, 0.2) is 30.3 Å². The summed E-state index contributed by atoms with van der Waals surface area (Å²) in [6.45, 7) is 3.28. The van der Waals surface area contributed by atoms with Crippen LogP contribution in [0.1, 0.15) is 19.4 Å². The number of carbonyl (C=O) groups is 1. The van der Waals surface area contributed by atoms with Crippen LogP contribution < -0.4 is 0 Å². The summed E-state index contributed by atoms with van der Waals surface area (Å²) in [5.74, 6) is -0.776. The van der Waals surface area contributed by atoms with Crippen LogP contribution in [0.3, 0.4) is 0 Å². The number of aliphatic carboxylic acids is 1. The average molecular weight is 279 g/mol. The summed E-state index contributed by atoms with van der Waals surface area (Å²) in [5, 5.41) is 21.5. The number of benzene rings is 2. The first-order valence-corrected chi connectivity index (χ1v) is 6.32. The lowest BCUT2D eigenvalue weighted by Gasteiger charge is -2.21. The fourth-order valence-corrected chi connectivity index (χ4v) is 2.24. The molecule has 100 valence electrons. The van der Waals surface area contributed by atoms with Gasteiger partial charge in [0.05, 0.1) is 5.41 Å². The maximum Gasteiger partial charge on any atom is 0.309 e. The molecule has 0 aliphatic heterocycles. The highest BCUT2D eigenvalue weighted by Crippen LogP contribution is 2.34. The van der Waals surface area contributed by atoms with E-state index in [4.69, 9.17) is 11.6 Å². The third kappa shape index (κ3) is 2.66. The van der Waals surface area contributed by atoms with Gasteiger partial charge in [-0.1, -0.05) is 23.7 Å². The SMILES string of the molecule is CC(C)(Cc1c(O)ccc2cc(Cl)ccc12)C(=O)O. The molecular weight excluding hydrogens is 264 g/mol. The number of phenols is 1. The topological polar surface area (TPSA) is 57.5 Å². The number of aromatic hydroxyl groups is 1. The van der Waals surface area contributed by atoms with Gasteiger partial charge in [-0.05, 0) is 49.2 Å². The van der Waals surface area contributed by atoms with Gasteiger partial charge in [0.2, 0.25) is 0 Å². The predicted octanol–water partition coefficient (Wildman–Crippen LogP) is 3.85. The predicted molar refractivity (Wildman–Crippen MR) is 75.7 cm³/mol. The molecule has 0 radical (unpaired) electrons. The first-order valence-electron chi connectivity index (χ1n) is 5.95. The molecule has 0 heterocycles. The molecule has 0 unspecified atom stereocenters. The summed E-state index contributed by atoms with van der Waals surface area (Å²) in [5.41, 5.74) is -0.299. The van der Waals surface area contributed by atoms with E-state index in [1.807, 2.05) is 6.07 Å². The lowest BCUT2D eigenvalue weighted by molar-refractivity contribution is -0.146. The van der Waals surface area contributed by atoms with Crippen LogP contribution in [0.4, 0.5) is 0 Å². The van der Waals surface area contributed by atoms with Crippen molar-refractivity contribution in [3.63, 3.8) is 0 Å². The monoisotopic (exact) mass is 278 g/mol. The molecule has 0 aliphatic carbocycles. The van der Waals surface area contributed by atoms with Crippen LogP contribution in [0.5, 0.6) is 5.75 Å². The standard InChI is InChI=1S/C15H15ClO3/c1-15(2,14(18)19)8-12-11-5-4-10(16)7-9(11)3-6-13(12)17/h3-7,17H,8H2,1-2H3,(H,18,19). The van der Waals surface area contributed by atoms with E-state index in [0.29, 0.717) is 10.6 Å². The van der Waals surface area contributed by atoms with E-state index >= 15 is 0 Å². The van der Waals surface area contributed by atoms with Crippen LogP contribution in [-0.2, 0) is 11.2 Å². The summed E-state index contributed by atoms with van der Waals surface area (Å²) in [7, 11) is 0. The minimum atomic E-state index is -0.939. The summed E-state index contributed by atoms with van der Waals surface area (Å²) >= 11 is 5.94. The van der Waals surface area contributed by atoms with Crippen molar-refractivity contribution in [2.24, 2.45) is 5.41 Å². The normalized spacial score (nSPS) is 11.7. The Morgan fingerprint density at radius 3 is 2.58 bits per heavy atom. The van der Waals surface area contributed by atoms with Crippen molar-refractivity contribution >= 4 is 28.3 Å². The second kappa shape index (κ2) is 4.74. The van der Waals surface area contributed by atoms with E-state index in [1.165, 1.54) is 0 Å². The van der Waals surface area contributed by atoms with Gasteiger partial charge >= 0.3 is 5.97 Å². The van der Waals surface area contributed by atoms with Crippen molar-refractivity contribution in [2.45, 2.75) is 20.3 Å². The smallest absolute Gasteiger partial charge is 0.309 e. The number of hydrogen-bond acceptors (Lipinski definition) is 2. The van der Waals surface area contributed by atoms with E-state index in [9.17, 15) is 15.0 Å². The zero-order valence-corrected chi connectivity index (χ0v) is 11.5. The Morgan fingerprint density at radius 2 is 1.95 bits per heavy atom. The lowest BCUT2D eigenvalue weighted by atomic mass is 9.84. The molecular formula is C15H15ClO3. The highest BCUT2D eigenvalue weighted by molar-refractivity contribution is 6.31. The Bertz CT molecular complexity index is 647. The van der Waals surface area contributed by atoms with Crippen LogP contribution >= 0.6 is 11.6 Å². The molecule has 0 atom stereocenters. The number of carboxylic acid groups (broad SMARTS) is 1. The number of halogens is 1. The highest BCUT2D eigenvalue weighted by Gasteiger charge is 2.29. The van der Waals surface area contributed by atoms with E-state index in [-0.39, 0.29) is 12.2 Å². The molecule has 0 amide bonds. The largest absolute Gasteiger partial charge is 0.508 e. The van der Waals surface area contributed by atoms with Crippen molar-refractivity contribution in [1.82, 2.24) is 0 Å². The molecule has 0 saturated heterocycles. The summed E-state index contributed by atoms with van der Waals surface area (Å²) in [4.78, 5) is 11.2. The molecule has 0 saturated carbocycles. The van der Waals surface area contributed by atoms with Gasteiger partial charge in [0.1, 0.15) is 5.75 Å². The second-order valence-corrected chi connectivity index (χ2v) is 5.73. The van der Waals surface area contributed by atoms with Gasteiger partial charge in [0.25, 0.3) is 0 Å². The fourth-order valence-electron chi connectivity index (χ4n) is 2.06. The molecule has 2 aromatic carbocycles. The van der Waals surface area contributed by atoms with Crippen molar-refractivity contribution in [3.8, 4) is 5.75 Å². The van der Waals surface area contributed by atoms with Crippen LogP contribution in [-0.4, -0.2) is 16.2 Å². The molecule has 0 aromatic heterocycles. The van der Waals surface area contributed by atoms with Crippen LogP contribution in [0, 0.1) is 5.41 Å². The van der Waals surface area contributed by atoms with Gasteiger partial charge in [-0.25, -0.2) is 0 Å². The summed E-state index contributed by atoms with van der Waals surface area (Å²) in [6, 6.07) is 8.69. The Morgan fingerprint density at radius 1 is 1.26 bits per heavy atom. The molecule has 2 N–H and O–H groups in total. The van der Waals surface area contributed by atoms with Crippen LogP contribution in [0.25, 0.3) is 10.8 Å². The van der Waals surface area contributed by atoms with Gasteiger partial charge in [0.15, 0.2) is 0 Å². The van der Waals surface area contributed by atoms with Crippen molar-refractivity contribution in [2.75, 3.05) is 0 Å². The van der Waals surface area contributed by atoms with Gasteiger partial charge in [-0.2, -0.15) is 0 Å². The van der Waals surface area contributed by atoms with Crippen molar-refractivity contribution in [1.29, 1.82) is 0 Å². The minimum Gasteiger partial charge on any atom is -0.508 e. The van der Waals surface area contributed by atoms with Gasteiger partial charge < -0.3 is 10.2 Å². The van der Waals surface area contributed by atoms with E-state index in [1.54, 1.807) is 38.1 Å². The zero-order valence-electron chi connectivity index (χ0n) is 10.8. The van der Waals surface area contributed by atoms with Crippen molar-refractivity contribution in [3.05, 3.63) is 40.9 Å². The van der Waals surface area contributed by atoms with Gasteiger partial charge in [-0.3, -0.25) is 4.79 Å². The fraction of sp³-hybridized carbons (Fsp3) is 0.267. The van der Waals surface area contributed by atoms with E-state index in [0.717, 1.165) is 10.8 Å². The first-order chi connectivity index (χ1) is 8.81. The number of rotatable bonds is 3. The first kappa shape index (κ1) is 13.7. The molecule has 0 aliphatic rings. The van der Waals surface area contributed by atoms with Crippen molar-refractivity contribution < 1.29 is 15.0 Å². The third-order valence-electron chi connectivity index (χ3n) is 3.27. The van der Waals surface area contributed by atoms with Gasteiger partial charge in [0, 0.05) is 10.6 Å². The number of phenolic OH excluding ortho intramolecular Hbond substituents is 1. The molecule has 4 heteroatoms.